The number of thiocarbonyl (C=S) groups is 1. The molecule has 116 valence electrons. The van der Waals surface area contributed by atoms with Crippen molar-refractivity contribution in [2.75, 3.05) is 19.7 Å². The Morgan fingerprint density at radius 2 is 2.29 bits per heavy atom. The van der Waals surface area contributed by atoms with Crippen LogP contribution >= 0.6 is 12.2 Å². The van der Waals surface area contributed by atoms with E-state index < -0.39 is 10.0 Å². The van der Waals surface area contributed by atoms with Crippen LogP contribution in [-0.4, -0.2) is 43.5 Å². The van der Waals surface area contributed by atoms with E-state index in [1.54, 1.807) is 24.3 Å². The van der Waals surface area contributed by atoms with E-state index in [0.29, 0.717) is 30.8 Å². The van der Waals surface area contributed by atoms with Crippen molar-refractivity contribution in [1.29, 1.82) is 0 Å². The number of sulfonamides is 1. The van der Waals surface area contributed by atoms with Crippen LogP contribution in [0, 0.1) is 0 Å². The quantitative estimate of drug-likeness (QED) is 0.824. The monoisotopic (exact) mass is 328 g/mol. The Morgan fingerprint density at radius 1 is 1.52 bits per heavy atom. The minimum absolute atomic E-state index is 0.0171. The van der Waals surface area contributed by atoms with Crippen LogP contribution in [0.3, 0.4) is 0 Å². The summed E-state index contributed by atoms with van der Waals surface area (Å²) in [5.74, 6) is -0.0418. The third kappa shape index (κ3) is 4.23. The third-order valence-electron chi connectivity index (χ3n) is 3.51. The molecule has 7 heteroatoms. The minimum Gasteiger partial charge on any atom is -0.389 e. The van der Waals surface area contributed by atoms with Crippen molar-refractivity contribution in [2.45, 2.75) is 25.2 Å². The molecule has 0 radical (unpaired) electrons. The van der Waals surface area contributed by atoms with Gasteiger partial charge in [0, 0.05) is 18.7 Å². The first-order valence-electron chi connectivity index (χ1n) is 6.90. The van der Waals surface area contributed by atoms with Crippen LogP contribution in [0.2, 0.25) is 0 Å². The molecule has 0 amide bonds. The fourth-order valence-electron chi connectivity index (χ4n) is 2.31. The SMILES string of the molecule is CCC1CN(S(=O)(=O)Cc2cccc(C(N)=S)c2)CCO1. The van der Waals surface area contributed by atoms with Crippen LogP contribution in [0.25, 0.3) is 0 Å². The molecule has 1 heterocycles. The van der Waals surface area contributed by atoms with Gasteiger partial charge >= 0.3 is 0 Å². The summed E-state index contributed by atoms with van der Waals surface area (Å²) in [6, 6.07) is 7.06. The number of morpholine rings is 1. The van der Waals surface area contributed by atoms with E-state index >= 15 is 0 Å². The average Bonchev–Trinajstić information content (AvgIpc) is 2.47. The molecule has 0 aliphatic carbocycles. The van der Waals surface area contributed by atoms with Crippen molar-refractivity contribution in [2.24, 2.45) is 5.73 Å². The molecule has 1 aromatic carbocycles. The second-order valence-corrected chi connectivity index (χ2v) is 7.49. The Balaban J connectivity index is 2.13. The van der Waals surface area contributed by atoms with Crippen molar-refractivity contribution in [3.63, 3.8) is 0 Å². The third-order valence-corrected chi connectivity index (χ3v) is 5.56. The largest absolute Gasteiger partial charge is 0.389 e. The second kappa shape index (κ2) is 6.83. The molecule has 0 spiro atoms. The smallest absolute Gasteiger partial charge is 0.218 e. The molecule has 21 heavy (non-hydrogen) atoms. The zero-order valence-corrected chi connectivity index (χ0v) is 13.6. The summed E-state index contributed by atoms with van der Waals surface area (Å²) in [5.41, 5.74) is 6.96. The van der Waals surface area contributed by atoms with Gasteiger partial charge in [0.25, 0.3) is 0 Å². The number of nitrogens with two attached hydrogens (primary N) is 1. The van der Waals surface area contributed by atoms with Gasteiger partial charge in [-0.2, -0.15) is 4.31 Å². The van der Waals surface area contributed by atoms with Gasteiger partial charge in [0.2, 0.25) is 10.0 Å². The van der Waals surface area contributed by atoms with Crippen LogP contribution in [0.1, 0.15) is 24.5 Å². The zero-order chi connectivity index (χ0) is 15.5. The summed E-state index contributed by atoms with van der Waals surface area (Å²) in [7, 11) is -3.35. The predicted molar refractivity (Wildman–Crippen MR) is 86.6 cm³/mol. The molecule has 1 aliphatic heterocycles. The number of nitrogens with zero attached hydrogens (tertiary/aromatic N) is 1. The van der Waals surface area contributed by atoms with E-state index in [1.807, 2.05) is 6.92 Å². The van der Waals surface area contributed by atoms with Gasteiger partial charge in [0.1, 0.15) is 4.99 Å². The van der Waals surface area contributed by atoms with E-state index in [4.69, 9.17) is 22.7 Å². The summed E-state index contributed by atoms with van der Waals surface area (Å²) >= 11 is 4.92. The number of hydrogen-bond acceptors (Lipinski definition) is 4. The lowest BCUT2D eigenvalue weighted by Gasteiger charge is -2.31. The maximum Gasteiger partial charge on any atom is 0.218 e. The van der Waals surface area contributed by atoms with Crippen molar-refractivity contribution in [3.8, 4) is 0 Å². The lowest BCUT2D eigenvalue weighted by molar-refractivity contribution is -0.00282. The van der Waals surface area contributed by atoms with E-state index in [9.17, 15) is 8.42 Å². The summed E-state index contributed by atoms with van der Waals surface area (Å²) in [5, 5.41) is 0. The maximum absolute atomic E-state index is 12.5. The molecule has 1 fully saturated rings. The topological polar surface area (TPSA) is 72.6 Å². The molecule has 1 unspecified atom stereocenters. The number of benzene rings is 1. The van der Waals surface area contributed by atoms with Crippen molar-refractivity contribution in [3.05, 3.63) is 35.4 Å². The van der Waals surface area contributed by atoms with E-state index in [2.05, 4.69) is 0 Å². The molecule has 1 aromatic rings. The lowest BCUT2D eigenvalue weighted by Crippen LogP contribution is -2.45. The maximum atomic E-state index is 12.5. The van der Waals surface area contributed by atoms with Gasteiger partial charge in [-0.15, -0.1) is 0 Å². The molecule has 2 rings (SSSR count). The Hall–Kier alpha value is -1.02. The second-order valence-electron chi connectivity index (χ2n) is 5.08. The number of hydrogen-bond donors (Lipinski definition) is 1. The first kappa shape index (κ1) is 16.4. The van der Waals surface area contributed by atoms with Gasteiger partial charge in [0.05, 0.1) is 18.5 Å². The first-order chi connectivity index (χ1) is 9.92. The minimum atomic E-state index is -3.35. The van der Waals surface area contributed by atoms with Crippen LogP contribution in [0.4, 0.5) is 0 Å². The molecular formula is C14H20N2O3S2. The van der Waals surface area contributed by atoms with E-state index in [0.717, 1.165) is 6.42 Å². The molecule has 0 bridgehead atoms. The fourth-order valence-corrected chi connectivity index (χ4v) is 3.96. The Labute approximate surface area is 131 Å². The van der Waals surface area contributed by atoms with Crippen molar-refractivity contribution >= 4 is 27.2 Å². The van der Waals surface area contributed by atoms with Crippen LogP contribution in [-0.2, 0) is 20.5 Å². The predicted octanol–water partition coefficient (Wildman–Crippen LogP) is 1.26. The zero-order valence-electron chi connectivity index (χ0n) is 12.0. The molecule has 5 nitrogen and oxygen atoms in total. The molecule has 1 saturated heterocycles. The van der Waals surface area contributed by atoms with Gasteiger partial charge in [0.15, 0.2) is 0 Å². The van der Waals surface area contributed by atoms with Crippen molar-refractivity contribution < 1.29 is 13.2 Å². The molecule has 0 saturated carbocycles. The Morgan fingerprint density at radius 3 is 2.95 bits per heavy atom. The highest BCUT2D eigenvalue weighted by molar-refractivity contribution is 7.88. The van der Waals surface area contributed by atoms with Crippen molar-refractivity contribution in [1.82, 2.24) is 4.31 Å². The standard InChI is InChI=1S/C14H20N2O3S2/c1-2-13-9-16(6-7-19-13)21(17,18)10-11-4-3-5-12(8-11)14(15)20/h3-5,8,13H,2,6-7,9-10H2,1H3,(H2,15,20). The summed E-state index contributed by atoms with van der Waals surface area (Å²) in [4.78, 5) is 0.270. The normalized spacial score (nSPS) is 20.3. The summed E-state index contributed by atoms with van der Waals surface area (Å²) in [6.07, 6.45) is 0.791. The Bertz CT molecular complexity index is 616. The van der Waals surface area contributed by atoms with E-state index in [1.165, 1.54) is 4.31 Å². The number of rotatable bonds is 5. The molecule has 1 aliphatic rings. The van der Waals surface area contributed by atoms with Crippen LogP contribution in [0.5, 0.6) is 0 Å². The van der Waals surface area contributed by atoms with Crippen LogP contribution < -0.4 is 5.73 Å². The lowest BCUT2D eigenvalue weighted by atomic mass is 10.1. The fraction of sp³-hybridized carbons (Fsp3) is 0.500. The van der Waals surface area contributed by atoms with Gasteiger partial charge < -0.3 is 10.5 Å². The molecule has 2 N–H and O–H groups in total. The molecular weight excluding hydrogens is 308 g/mol. The van der Waals surface area contributed by atoms with Gasteiger partial charge in [-0.25, -0.2) is 8.42 Å². The summed E-state index contributed by atoms with van der Waals surface area (Å²) < 4.78 is 32.0. The van der Waals surface area contributed by atoms with E-state index in [-0.39, 0.29) is 16.8 Å². The molecule has 0 aromatic heterocycles. The van der Waals surface area contributed by atoms with Crippen LogP contribution in [0.15, 0.2) is 24.3 Å². The van der Waals surface area contributed by atoms with Gasteiger partial charge in [-0.05, 0) is 18.1 Å². The Kier molecular flexibility index (Phi) is 5.32. The highest BCUT2D eigenvalue weighted by Crippen LogP contribution is 2.17. The van der Waals surface area contributed by atoms with Gasteiger partial charge in [-0.3, -0.25) is 0 Å². The van der Waals surface area contributed by atoms with Gasteiger partial charge in [-0.1, -0.05) is 37.3 Å². The average molecular weight is 328 g/mol. The highest BCUT2D eigenvalue weighted by Gasteiger charge is 2.28. The number of ether oxygens (including phenoxy) is 1. The summed E-state index contributed by atoms with van der Waals surface area (Å²) in [6.45, 7) is 3.28. The first-order valence-corrected chi connectivity index (χ1v) is 8.92. The highest BCUT2D eigenvalue weighted by atomic mass is 32.2. The molecule has 1 atom stereocenters.